The SMILES string of the molecule is CC1C=CC=C(CC(NC(=O)CNC(=O)CNC(=O)C(N)Cc2ccc(O)cc2)C(=O)N(C)C(C)(C)C(=O)O)C1. The van der Waals surface area contributed by atoms with E-state index in [2.05, 4.69) is 16.0 Å². The van der Waals surface area contributed by atoms with Crippen LogP contribution < -0.4 is 21.7 Å². The Kier molecular flexibility index (Phi) is 11.4. The van der Waals surface area contributed by atoms with Crippen LogP contribution in [0.5, 0.6) is 5.75 Å². The summed E-state index contributed by atoms with van der Waals surface area (Å²) in [6, 6.07) is 4.25. The predicted molar refractivity (Wildman–Crippen MR) is 148 cm³/mol. The highest BCUT2D eigenvalue weighted by Gasteiger charge is 2.38. The summed E-state index contributed by atoms with van der Waals surface area (Å²) in [4.78, 5) is 63.2. The van der Waals surface area contributed by atoms with Gasteiger partial charge in [-0.15, -0.1) is 0 Å². The van der Waals surface area contributed by atoms with Crippen molar-refractivity contribution < 1.29 is 34.2 Å². The maximum absolute atomic E-state index is 13.3. The van der Waals surface area contributed by atoms with Gasteiger partial charge < -0.3 is 36.8 Å². The lowest BCUT2D eigenvalue weighted by molar-refractivity contribution is -0.156. The van der Waals surface area contributed by atoms with Gasteiger partial charge in [-0.25, -0.2) is 4.79 Å². The quantitative estimate of drug-likeness (QED) is 0.198. The highest BCUT2D eigenvalue weighted by atomic mass is 16.4. The number of rotatable bonds is 13. The molecule has 2 rings (SSSR count). The van der Waals surface area contributed by atoms with Crippen LogP contribution in [0, 0.1) is 5.92 Å². The Bertz CT molecular complexity index is 1160. The van der Waals surface area contributed by atoms with Gasteiger partial charge >= 0.3 is 5.97 Å². The monoisotopic (exact) mass is 557 g/mol. The van der Waals surface area contributed by atoms with Crippen molar-refractivity contribution in [3.8, 4) is 5.75 Å². The summed E-state index contributed by atoms with van der Waals surface area (Å²) in [6.07, 6.45) is 6.83. The van der Waals surface area contributed by atoms with Crippen LogP contribution in [0.15, 0.2) is 48.1 Å². The van der Waals surface area contributed by atoms with E-state index in [1.165, 1.54) is 33.0 Å². The number of carboxylic acid groups (broad SMARTS) is 1. The second kappa shape index (κ2) is 14.3. The number of aliphatic carboxylic acids is 1. The van der Waals surface area contributed by atoms with Gasteiger partial charge in [0, 0.05) is 7.05 Å². The average molecular weight is 558 g/mol. The third-order valence-corrected chi connectivity index (χ3v) is 6.75. The van der Waals surface area contributed by atoms with Crippen molar-refractivity contribution in [3.63, 3.8) is 0 Å². The maximum Gasteiger partial charge on any atom is 0.329 e. The Morgan fingerprint density at radius 3 is 2.27 bits per heavy atom. The lowest BCUT2D eigenvalue weighted by Gasteiger charge is -2.35. The van der Waals surface area contributed by atoms with Crippen molar-refractivity contribution in [1.29, 1.82) is 0 Å². The van der Waals surface area contributed by atoms with Gasteiger partial charge in [0.05, 0.1) is 19.1 Å². The fourth-order valence-electron chi connectivity index (χ4n) is 3.96. The van der Waals surface area contributed by atoms with E-state index in [0.29, 0.717) is 6.42 Å². The van der Waals surface area contributed by atoms with Crippen LogP contribution in [0.1, 0.15) is 39.2 Å². The number of carboxylic acids is 1. The molecule has 3 unspecified atom stereocenters. The molecule has 0 spiro atoms. The highest BCUT2D eigenvalue weighted by Crippen LogP contribution is 2.23. The van der Waals surface area contributed by atoms with Crippen LogP contribution in [0.4, 0.5) is 0 Å². The largest absolute Gasteiger partial charge is 0.508 e. The van der Waals surface area contributed by atoms with Crippen molar-refractivity contribution >= 4 is 29.6 Å². The second-order valence-electron chi connectivity index (χ2n) is 10.4. The number of nitrogens with two attached hydrogens (primary N) is 1. The molecular weight excluding hydrogens is 518 g/mol. The number of allylic oxidation sites excluding steroid dienone is 3. The topological polar surface area (TPSA) is 191 Å². The molecule has 12 heteroatoms. The van der Waals surface area contributed by atoms with Crippen molar-refractivity contribution in [2.24, 2.45) is 11.7 Å². The van der Waals surface area contributed by atoms with Crippen LogP contribution in [0.2, 0.25) is 0 Å². The van der Waals surface area contributed by atoms with Crippen LogP contribution in [0.25, 0.3) is 0 Å². The molecule has 40 heavy (non-hydrogen) atoms. The van der Waals surface area contributed by atoms with Gasteiger partial charge in [0.15, 0.2) is 0 Å². The molecule has 0 heterocycles. The fourth-order valence-corrected chi connectivity index (χ4v) is 3.96. The molecule has 0 radical (unpaired) electrons. The molecule has 0 aliphatic heterocycles. The molecule has 3 atom stereocenters. The first-order valence-corrected chi connectivity index (χ1v) is 12.9. The number of hydrogen-bond acceptors (Lipinski definition) is 7. The molecule has 0 saturated carbocycles. The lowest BCUT2D eigenvalue weighted by atomic mass is 9.91. The molecule has 12 nitrogen and oxygen atoms in total. The van der Waals surface area contributed by atoms with Crippen LogP contribution in [-0.2, 0) is 30.4 Å². The molecule has 218 valence electrons. The third-order valence-electron chi connectivity index (χ3n) is 6.75. The number of phenols is 1. The van der Waals surface area contributed by atoms with E-state index in [1.54, 1.807) is 12.1 Å². The summed E-state index contributed by atoms with van der Waals surface area (Å²) in [6.45, 7) is 3.93. The average Bonchev–Trinajstić information content (AvgIpc) is 2.90. The van der Waals surface area contributed by atoms with E-state index in [4.69, 9.17) is 5.73 Å². The maximum atomic E-state index is 13.3. The predicted octanol–water partition coefficient (Wildman–Crippen LogP) is 0.213. The first-order valence-electron chi connectivity index (χ1n) is 12.9. The number of aromatic hydroxyl groups is 1. The number of hydrogen-bond donors (Lipinski definition) is 6. The Hall–Kier alpha value is -4.19. The number of benzene rings is 1. The van der Waals surface area contributed by atoms with Gasteiger partial charge in [0.1, 0.15) is 17.3 Å². The fraction of sp³-hybridized carbons (Fsp3) is 0.464. The Balaban J connectivity index is 1.92. The van der Waals surface area contributed by atoms with Crippen LogP contribution in [-0.4, -0.2) is 82.5 Å². The Labute approximate surface area is 233 Å². The molecule has 4 amide bonds. The van der Waals surface area contributed by atoms with E-state index >= 15 is 0 Å². The summed E-state index contributed by atoms with van der Waals surface area (Å²) in [5.41, 5.74) is 6.03. The van der Waals surface area contributed by atoms with Crippen molar-refractivity contribution in [3.05, 3.63) is 53.6 Å². The zero-order chi connectivity index (χ0) is 30.0. The number of likely N-dealkylation sites (N-methyl/N-ethyl adjacent to an activating group) is 1. The summed E-state index contributed by atoms with van der Waals surface area (Å²) in [5, 5.41) is 26.3. The van der Waals surface area contributed by atoms with Gasteiger partial charge in [-0.1, -0.05) is 42.9 Å². The summed E-state index contributed by atoms with van der Waals surface area (Å²) >= 11 is 0. The molecule has 1 aromatic carbocycles. The molecule has 0 bridgehead atoms. The molecule has 1 aromatic rings. The van der Waals surface area contributed by atoms with Gasteiger partial charge in [-0.3, -0.25) is 19.2 Å². The smallest absolute Gasteiger partial charge is 0.329 e. The molecule has 0 saturated heterocycles. The van der Waals surface area contributed by atoms with Crippen molar-refractivity contribution in [2.75, 3.05) is 20.1 Å². The summed E-state index contributed by atoms with van der Waals surface area (Å²) in [5.74, 6) is -3.28. The Morgan fingerprint density at radius 2 is 1.68 bits per heavy atom. The number of nitrogens with zero attached hydrogens (tertiary/aromatic N) is 1. The van der Waals surface area contributed by atoms with E-state index < -0.39 is 60.3 Å². The van der Waals surface area contributed by atoms with Gasteiger partial charge in [0.25, 0.3) is 0 Å². The number of carbonyl (C=O) groups is 5. The second-order valence-corrected chi connectivity index (χ2v) is 10.4. The minimum atomic E-state index is -1.51. The highest BCUT2D eigenvalue weighted by molar-refractivity contribution is 5.93. The summed E-state index contributed by atoms with van der Waals surface area (Å²) < 4.78 is 0. The zero-order valence-corrected chi connectivity index (χ0v) is 23.3. The minimum absolute atomic E-state index is 0.0899. The van der Waals surface area contributed by atoms with Crippen LogP contribution >= 0.6 is 0 Å². The number of nitrogens with one attached hydrogen (secondary N) is 3. The lowest BCUT2D eigenvalue weighted by Crippen LogP contribution is -2.58. The van der Waals surface area contributed by atoms with Gasteiger partial charge in [0.2, 0.25) is 23.6 Å². The van der Waals surface area contributed by atoms with Gasteiger partial charge in [-0.05, 0) is 56.7 Å². The molecular formula is C28H39N5O7. The van der Waals surface area contributed by atoms with E-state index in [0.717, 1.165) is 16.0 Å². The first-order chi connectivity index (χ1) is 18.7. The first kappa shape index (κ1) is 32.0. The molecule has 7 N–H and O–H groups in total. The van der Waals surface area contributed by atoms with E-state index in [-0.39, 0.29) is 24.5 Å². The molecule has 1 aliphatic rings. The summed E-state index contributed by atoms with van der Waals surface area (Å²) in [7, 11) is 1.37. The minimum Gasteiger partial charge on any atom is -0.508 e. The number of phenolic OH excluding ortho intramolecular Hbond substituents is 1. The molecule has 0 aromatic heterocycles. The number of amides is 4. The Morgan fingerprint density at radius 1 is 1.05 bits per heavy atom. The molecule has 0 fully saturated rings. The number of carbonyl (C=O) groups excluding carboxylic acids is 4. The van der Waals surface area contributed by atoms with Crippen LogP contribution in [0.3, 0.4) is 0 Å². The normalized spacial score (nSPS) is 16.2. The van der Waals surface area contributed by atoms with Crippen molar-refractivity contribution in [1.82, 2.24) is 20.9 Å². The third kappa shape index (κ3) is 9.53. The van der Waals surface area contributed by atoms with E-state index in [1.807, 2.05) is 25.2 Å². The van der Waals surface area contributed by atoms with Gasteiger partial charge in [-0.2, -0.15) is 0 Å². The van der Waals surface area contributed by atoms with E-state index in [9.17, 15) is 34.2 Å². The standard InChI is InChI=1S/C28H39N5O7/c1-17-6-5-7-19(12-17)14-22(26(38)33(4)28(2,3)27(39)40)32-24(36)16-30-23(35)15-31-25(37)21(29)13-18-8-10-20(34)11-9-18/h5-11,17,21-22,34H,12-16,29H2,1-4H3,(H,30,35)(H,31,37)(H,32,36)(H,39,40). The zero-order valence-electron chi connectivity index (χ0n) is 23.3. The molecule has 1 aliphatic carbocycles. The van der Waals surface area contributed by atoms with Crippen molar-refractivity contribution in [2.45, 2.75) is 57.7 Å².